The topological polar surface area (TPSA) is 97.1 Å². The molecular formula is C20H27BrN4O4. The maximum Gasteiger partial charge on any atom is 0.414 e. The standard InChI is InChI=1S/C20H27BrN4O4/c1-13-4-5-14(21)12-15(13)16-17(29-19(27)24(2)11-8-22)20(23-18(16)26)6-9-25(28-3)10-7-20/h4-5,12H,6-11,22H2,1-3H3,(H,23,26). The molecule has 0 unspecified atom stereocenters. The molecule has 0 saturated carbocycles. The van der Waals surface area contributed by atoms with E-state index in [-0.39, 0.29) is 5.91 Å². The number of carbonyl (C=O) groups is 2. The number of benzene rings is 1. The number of hydrogen-bond acceptors (Lipinski definition) is 6. The number of likely N-dealkylation sites (N-methyl/N-ethyl adjacent to an activating group) is 1. The van der Waals surface area contributed by atoms with Crippen molar-refractivity contribution in [2.75, 3.05) is 40.3 Å². The zero-order valence-electron chi connectivity index (χ0n) is 17.0. The molecule has 2 amide bonds. The van der Waals surface area contributed by atoms with Crippen LogP contribution in [0.25, 0.3) is 5.57 Å². The Morgan fingerprint density at radius 2 is 2.07 bits per heavy atom. The Balaban J connectivity index is 2.07. The third kappa shape index (κ3) is 4.32. The van der Waals surface area contributed by atoms with E-state index >= 15 is 0 Å². The number of ether oxygens (including phenoxy) is 1. The minimum atomic E-state index is -0.741. The predicted octanol–water partition coefficient (Wildman–Crippen LogP) is 2.02. The highest BCUT2D eigenvalue weighted by molar-refractivity contribution is 9.10. The van der Waals surface area contributed by atoms with E-state index in [2.05, 4.69) is 21.2 Å². The van der Waals surface area contributed by atoms with Gasteiger partial charge in [-0.1, -0.05) is 22.0 Å². The van der Waals surface area contributed by atoms with Crippen LogP contribution in [-0.4, -0.2) is 67.8 Å². The van der Waals surface area contributed by atoms with Gasteiger partial charge in [0, 0.05) is 37.7 Å². The fraction of sp³-hybridized carbons (Fsp3) is 0.500. The molecule has 1 fully saturated rings. The minimum Gasteiger partial charge on any atom is -0.411 e. The number of nitrogens with zero attached hydrogens (tertiary/aromatic N) is 2. The summed E-state index contributed by atoms with van der Waals surface area (Å²) in [5.41, 5.74) is 6.90. The molecule has 0 atom stereocenters. The highest BCUT2D eigenvalue weighted by Crippen LogP contribution is 2.42. The molecule has 2 heterocycles. The molecule has 0 radical (unpaired) electrons. The summed E-state index contributed by atoms with van der Waals surface area (Å²) in [4.78, 5) is 32.5. The summed E-state index contributed by atoms with van der Waals surface area (Å²) in [6.45, 7) is 3.85. The van der Waals surface area contributed by atoms with E-state index < -0.39 is 11.6 Å². The summed E-state index contributed by atoms with van der Waals surface area (Å²) < 4.78 is 6.72. The van der Waals surface area contributed by atoms with Crippen LogP contribution in [0.1, 0.15) is 24.0 Å². The van der Waals surface area contributed by atoms with Gasteiger partial charge in [0.15, 0.2) is 0 Å². The Morgan fingerprint density at radius 1 is 1.38 bits per heavy atom. The molecule has 2 aliphatic heterocycles. The first-order valence-corrected chi connectivity index (χ1v) is 10.4. The summed E-state index contributed by atoms with van der Waals surface area (Å²) in [6, 6.07) is 5.73. The van der Waals surface area contributed by atoms with Crippen molar-refractivity contribution in [3.8, 4) is 0 Å². The number of halogens is 1. The van der Waals surface area contributed by atoms with Gasteiger partial charge in [0.25, 0.3) is 5.91 Å². The number of nitrogens with two attached hydrogens (primary N) is 1. The average molecular weight is 467 g/mol. The van der Waals surface area contributed by atoms with Crippen molar-refractivity contribution in [3.63, 3.8) is 0 Å². The molecule has 9 heteroatoms. The Morgan fingerprint density at radius 3 is 2.69 bits per heavy atom. The quantitative estimate of drug-likeness (QED) is 0.688. The van der Waals surface area contributed by atoms with E-state index in [1.54, 1.807) is 14.2 Å². The minimum absolute atomic E-state index is 0.235. The van der Waals surface area contributed by atoms with Crippen molar-refractivity contribution < 1.29 is 19.2 Å². The summed E-state index contributed by atoms with van der Waals surface area (Å²) in [6.07, 6.45) is 0.624. The highest BCUT2D eigenvalue weighted by Gasteiger charge is 2.50. The van der Waals surface area contributed by atoms with Crippen molar-refractivity contribution in [3.05, 3.63) is 39.6 Å². The summed E-state index contributed by atoms with van der Waals surface area (Å²) in [5, 5.41) is 4.94. The molecule has 158 valence electrons. The van der Waals surface area contributed by atoms with Crippen LogP contribution in [0.3, 0.4) is 0 Å². The van der Waals surface area contributed by atoms with E-state index in [4.69, 9.17) is 15.3 Å². The Kier molecular flexibility index (Phi) is 6.62. The fourth-order valence-corrected chi connectivity index (χ4v) is 4.15. The Hall–Kier alpha value is -1.94. The molecule has 1 spiro atoms. The molecule has 1 saturated heterocycles. The van der Waals surface area contributed by atoms with Crippen LogP contribution in [0.5, 0.6) is 0 Å². The van der Waals surface area contributed by atoms with Gasteiger partial charge in [-0.05, 0) is 43.0 Å². The van der Waals surface area contributed by atoms with Crippen molar-refractivity contribution >= 4 is 33.5 Å². The molecular weight excluding hydrogens is 440 g/mol. The van der Waals surface area contributed by atoms with E-state index in [1.165, 1.54) is 4.90 Å². The second-order valence-electron chi connectivity index (χ2n) is 7.39. The number of rotatable bonds is 5. The van der Waals surface area contributed by atoms with Crippen molar-refractivity contribution in [1.82, 2.24) is 15.3 Å². The van der Waals surface area contributed by atoms with Gasteiger partial charge in [0.2, 0.25) is 0 Å². The Bertz CT molecular complexity index is 834. The van der Waals surface area contributed by atoms with Crippen LogP contribution in [0.2, 0.25) is 0 Å². The van der Waals surface area contributed by atoms with E-state index in [9.17, 15) is 9.59 Å². The van der Waals surface area contributed by atoms with Crippen LogP contribution >= 0.6 is 15.9 Å². The van der Waals surface area contributed by atoms with Crippen LogP contribution in [0.15, 0.2) is 28.4 Å². The number of hydrogen-bond donors (Lipinski definition) is 2. The zero-order chi connectivity index (χ0) is 21.2. The summed E-state index contributed by atoms with van der Waals surface area (Å²) in [7, 11) is 3.25. The van der Waals surface area contributed by atoms with Crippen molar-refractivity contribution in [1.29, 1.82) is 0 Å². The van der Waals surface area contributed by atoms with Crippen molar-refractivity contribution in [2.24, 2.45) is 5.73 Å². The molecule has 2 aliphatic rings. The first-order valence-electron chi connectivity index (χ1n) is 9.57. The number of nitrogens with one attached hydrogen (secondary N) is 1. The molecule has 3 N–H and O–H groups in total. The van der Waals surface area contributed by atoms with Gasteiger partial charge in [-0.2, -0.15) is 5.06 Å². The lowest BCUT2D eigenvalue weighted by Crippen LogP contribution is -2.53. The second kappa shape index (κ2) is 8.83. The second-order valence-corrected chi connectivity index (χ2v) is 8.31. The Labute approximate surface area is 179 Å². The SMILES string of the molecule is CON1CCC2(CC1)NC(=O)C(c1cc(Br)ccc1C)=C2OC(=O)N(C)CCN. The van der Waals surface area contributed by atoms with Crippen LogP contribution in [0, 0.1) is 6.92 Å². The molecule has 29 heavy (non-hydrogen) atoms. The predicted molar refractivity (Wildman–Crippen MR) is 113 cm³/mol. The molecule has 0 bridgehead atoms. The largest absolute Gasteiger partial charge is 0.414 e. The lowest BCUT2D eigenvalue weighted by atomic mass is 9.85. The first kappa shape index (κ1) is 21.8. The summed E-state index contributed by atoms with van der Waals surface area (Å²) in [5.74, 6) is 0.148. The lowest BCUT2D eigenvalue weighted by Gasteiger charge is -2.39. The number of carbonyl (C=O) groups excluding carboxylic acids is 2. The number of piperidine rings is 1. The van der Waals surface area contributed by atoms with Crippen molar-refractivity contribution in [2.45, 2.75) is 25.3 Å². The molecule has 8 nitrogen and oxygen atoms in total. The number of hydroxylamine groups is 2. The highest BCUT2D eigenvalue weighted by atomic mass is 79.9. The van der Waals surface area contributed by atoms with Crippen LogP contribution in [-0.2, 0) is 14.4 Å². The average Bonchev–Trinajstić information content (AvgIpc) is 2.95. The van der Waals surface area contributed by atoms with Gasteiger partial charge < -0.3 is 25.5 Å². The monoisotopic (exact) mass is 466 g/mol. The van der Waals surface area contributed by atoms with Gasteiger partial charge in [-0.15, -0.1) is 0 Å². The van der Waals surface area contributed by atoms with Crippen LogP contribution in [0.4, 0.5) is 4.79 Å². The fourth-order valence-electron chi connectivity index (χ4n) is 3.79. The lowest BCUT2D eigenvalue weighted by molar-refractivity contribution is -0.152. The third-order valence-electron chi connectivity index (χ3n) is 5.51. The maximum absolute atomic E-state index is 13.1. The van der Waals surface area contributed by atoms with E-state index in [0.29, 0.717) is 50.4 Å². The van der Waals surface area contributed by atoms with Crippen LogP contribution < -0.4 is 11.1 Å². The molecule has 3 rings (SSSR count). The van der Waals surface area contributed by atoms with E-state index in [0.717, 1.165) is 15.6 Å². The van der Waals surface area contributed by atoms with Gasteiger partial charge in [0.1, 0.15) is 11.3 Å². The molecule has 0 aliphatic carbocycles. The first-order chi connectivity index (χ1) is 13.8. The third-order valence-corrected chi connectivity index (χ3v) is 6.00. The smallest absolute Gasteiger partial charge is 0.411 e. The van der Waals surface area contributed by atoms with Gasteiger partial charge in [0.05, 0.1) is 12.7 Å². The number of amides is 2. The van der Waals surface area contributed by atoms with Gasteiger partial charge in [-0.3, -0.25) is 4.79 Å². The van der Waals surface area contributed by atoms with Gasteiger partial charge in [-0.25, -0.2) is 4.79 Å². The molecule has 1 aromatic carbocycles. The van der Waals surface area contributed by atoms with E-state index in [1.807, 2.05) is 30.2 Å². The molecule has 0 aromatic heterocycles. The molecule has 1 aromatic rings. The maximum atomic E-state index is 13.1. The number of aryl methyl sites for hydroxylation is 1. The normalized spacial score (nSPS) is 18.9. The summed E-state index contributed by atoms with van der Waals surface area (Å²) >= 11 is 3.48. The van der Waals surface area contributed by atoms with Gasteiger partial charge >= 0.3 is 6.09 Å². The zero-order valence-corrected chi connectivity index (χ0v) is 18.5.